The summed E-state index contributed by atoms with van der Waals surface area (Å²) in [6, 6.07) is 0. The monoisotopic (exact) mass is 300 g/mol. The Hall–Kier alpha value is -0.980. The van der Waals surface area contributed by atoms with Crippen molar-refractivity contribution >= 4 is 11.9 Å². The summed E-state index contributed by atoms with van der Waals surface area (Å²) in [5, 5.41) is 28.8. The average Bonchev–Trinajstić information content (AvgIpc) is 2.74. The molecule has 0 bridgehead atoms. The fraction of sp³-hybridized carbons (Fsp3) is 0.867. The number of ether oxygens (including phenoxy) is 1. The van der Waals surface area contributed by atoms with Gasteiger partial charge >= 0.3 is 11.9 Å². The van der Waals surface area contributed by atoms with Crippen molar-refractivity contribution in [1.29, 1.82) is 0 Å². The first-order chi connectivity index (χ1) is 10.1. The van der Waals surface area contributed by atoms with Crippen molar-refractivity contribution in [3.8, 4) is 0 Å². The Kier molecular flexibility index (Phi) is 5.01. The molecule has 5 unspecified atom stereocenters. The lowest BCUT2D eigenvalue weighted by molar-refractivity contribution is -0.156. The molecular weight excluding hydrogens is 276 g/mol. The summed E-state index contributed by atoms with van der Waals surface area (Å²) in [6.45, 7) is 1.30. The Morgan fingerprint density at radius 3 is 2.33 bits per heavy atom. The van der Waals surface area contributed by atoms with E-state index in [1.54, 1.807) is 0 Å². The van der Waals surface area contributed by atoms with Crippen LogP contribution in [0.2, 0.25) is 0 Å². The third-order valence-electron chi connectivity index (χ3n) is 5.29. The van der Waals surface area contributed by atoms with Gasteiger partial charge in [-0.05, 0) is 24.7 Å². The zero-order valence-electron chi connectivity index (χ0n) is 12.3. The van der Waals surface area contributed by atoms with Crippen LogP contribution in [0.4, 0.5) is 0 Å². The molecule has 1 saturated heterocycles. The molecule has 0 radical (unpaired) electrons. The zero-order valence-corrected chi connectivity index (χ0v) is 12.3. The van der Waals surface area contributed by atoms with Gasteiger partial charge in [-0.3, -0.25) is 9.59 Å². The molecule has 2 rings (SSSR count). The lowest BCUT2D eigenvalue weighted by Crippen LogP contribution is -2.52. The lowest BCUT2D eigenvalue weighted by atomic mass is 9.54. The van der Waals surface area contributed by atoms with Crippen LogP contribution in [0.15, 0.2) is 0 Å². The standard InChI is InChI=1S/C15H24O6/c1-2-3-4-15-5-9(6-16)10(7-17)11(8-18)12(15)13(19)21-14(15)20/h9-12,16-18H,2-8H2,1H3. The van der Waals surface area contributed by atoms with Crippen LogP contribution in [0.1, 0.15) is 32.6 Å². The van der Waals surface area contributed by atoms with Crippen LogP contribution in [-0.4, -0.2) is 47.1 Å². The van der Waals surface area contributed by atoms with E-state index in [0.29, 0.717) is 12.8 Å². The normalized spacial score (nSPS) is 39.2. The quantitative estimate of drug-likeness (QED) is 0.474. The van der Waals surface area contributed by atoms with E-state index in [1.165, 1.54) is 0 Å². The third kappa shape index (κ3) is 2.49. The largest absolute Gasteiger partial charge is 0.396 e. The maximum atomic E-state index is 12.3. The van der Waals surface area contributed by atoms with E-state index in [4.69, 9.17) is 4.74 Å². The van der Waals surface area contributed by atoms with Gasteiger partial charge in [-0.15, -0.1) is 0 Å². The first kappa shape index (κ1) is 16.4. The molecule has 6 nitrogen and oxygen atoms in total. The summed E-state index contributed by atoms with van der Waals surface area (Å²) in [5.74, 6) is -3.07. The highest BCUT2D eigenvalue weighted by molar-refractivity contribution is 5.99. The van der Waals surface area contributed by atoms with Crippen LogP contribution in [0.25, 0.3) is 0 Å². The smallest absolute Gasteiger partial charge is 0.320 e. The zero-order chi connectivity index (χ0) is 15.6. The first-order valence-electron chi connectivity index (χ1n) is 7.64. The Labute approximate surface area is 124 Å². The summed E-state index contributed by atoms with van der Waals surface area (Å²) in [4.78, 5) is 24.4. The molecule has 21 heavy (non-hydrogen) atoms. The minimum Gasteiger partial charge on any atom is -0.396 e. The van der Waals surface area contributed by atoms with Gasteiger partial charge in [0, 0.05) is 25.7 Å². The maximum absolute atomic E-state index is 12.3. The number of aliphatic hydroxyl groups excluding tert-OH is 3. The van der Waals surface area contributed by atoms with E-state index in [1.807, 2.05) is 6.92 Å². The average molecular weight is 300 g/mol. The van der Waals surface area contributed by atoms with E-state index >= 15 is 0 Å². The molecule has 2 aliphatic rings. The van der Waals surface area contributed by atoms with Crippen molar-refractivity contribution in [2.24, 2.45) is 29.1 Å². The lowest BCUT2D eigenvalue weighted by Gasteiger charge is -2.46. The van der Waals surface area contributed by atoms with Crippen LogP contribution in [0.3, 0.4) is 0 Å². The molecule has 6 heteroatoms. The summed E-state index contributed by atoms with van der Waals surface area (Å²) < 4.78 is 4.87. The molecule has 1 heterocycles. The molecule has 5 atom stereocenters. The van der Waals surface area contributed by atoms with E-state index in [9.17, 15) is 24.9 Å². The van der Waals surface area contributed by atoms with Crippen molar-refractivity contribution in [3.05, 3.63) is 0 Å². The van der Waals surface area contributed by atoms with Gasteiger partial charge in [-0.1, -0.05) is 19.8 Å². The Balaban J connectivity index is 2.42. The van der Waals surface area contributed by atoms with Crippen LogP contribution in [0.5, 0.6) is 0 Å². The number of carbonyl (C=O) groups is 2. The van der Waals surface area contributed by atoms with Crippen LogP contribution >= 0.6 is 0 Å². The number of unbranched alkanes of at least 4 members (excludes halogenated alkanes) is 1. The Bertz CT molecular complexity index is 409. The van der Waals surface area contributed by atoms with Gasteiger partial charge < -0.3 is 20.1 Å². The number of aliphatic hydroxyl groups is 3. The van der Waals surface area contributed by atoms with Gasteiger partial charge in [0.1, 0.15) is 0 Å². The number of rotatable bonds is 6. The molecule has 1 aliphatic heterocycles. The van der Waals surface area contributed by atoms with Crippen LogP contribution < -0.4 is 0 Å². The minimum atomic E-state index is -0.945. The topological polar surface area (TPSA) is 104 Å². The molecule has 1 saturated carbocycles. The van der Waals surface area contributed by atoms with E-state index in [2.05, 4.69) is 0 Å². The van der Waals surface area contributed by atoms with E-state index in [0.717, 1.165) is 12.8 Å². The van der Waals surface area contributed by atoms with Crippen molar-refractivity contribution in [3.63, 3.8) is 0 Å². The predicted molar refractivity (Wildman–Crippen MR) is 72.9 cm³/mol. The van der Waals surface area contributed by atoms with Gasteiger partial charge in [-0.25, -0.2) is 0 Å². The van der Waals surface area contributed by atoms with Gasteiger partial charge in [-0.2, -0.15) is 0 Å². The second-order valence-corrected chi connectivity index (χ2v) is 6.29. The number of hydrogen-bond donors (Lipinski definition) is 3. The number of fused-ring (bicyclic) bond motifs is 1. The first-order valence-corrected chi connectivity index (χ1v) is 7.64. The summed E-state index contributed by atoms with van der Waals surface area (Å²) in [6.07, 6.45) is 2.51. The molecule has 1 aliphatic carbocycles. The summed E-state index contributed by atoms with van der Waals surface area (Å²) in [7, 11) is 0. The highest BCUT2D eigenvalue weighted by Gasteiger charge is 2.64. The van der Waals surface area contributed by atoms with Gasteiger partial charge in [0.25, 0.3) is 0 Å². The van der Waals surface area contributed by atoms with Crippen molar-refractivity contribution in [2.75, 3.05) is 19.8 Å². The predicted octanol–water partition coefficient (Wildman–Crippen LogP) is 0.0918. The second kappa shape index (κ2) is 6.42. The molecule has 0 spiro atoms. The summed E-state index contributed by atoms with van der Waals surface area (Å²) in [5.41, 5.74) is -0.945. The Morgan fingerprint density at radius 2 is 1.81 bits per heavy atom. The fourth-order valence-electron chi connectivity index (χ4n) is 4.20. The van der Waals surface area contributed by atoms with Gasteiger partial charge in [0.15, 0.2) is 0 Å². The molecule has 0 aromatic heterocycles. The molecule has 120 valence electrons. The molecule has 2 fully saturated rings. The molecule has 3 N–H and O–H groups in total. The molecule has 0 amide bonds. The maximum Gasteiger partial charge on any atom is 0.320 e. The van der Waals surface area contributed by atoms with E-state index < -0.39 is 35.1 Å². The number of cyclic esters (lactones) is 2. The second-order valence-electron chi connectivity index (χ2n) is 6.29. The number of hydrogen-bond acceptors (Lipinski definition) is 6. The molecular formula is C15H24O6. The van der Waals surface area contributed by atoms with Crippen molar-refractivity contribution in [2.45, 2.75) is 32.6 Å². The van der Waals surface area contributed by atoms with Gasteiger partial charge in [0.05, 0.1) is 11.3 Å². The van der Waals surface area contributed by atoms with Gasteiger partial charge in [0.2, 0.25) is 0 Å². The minimum absolute atomic E-state index is 0.177. The number of esters is 2. The highest BCUT2D eigenvalue weighted by Crippen LogP contribution is 2.56. The fourth-order valence-corrected chi connectivity index (χ4v) is 4.20. The van der Waals surface area contributed by atoms with Crippen molar-refractivity contribution < 1.29 is 29.6 Å². The molecule has 0 aromatic rings. The van der Waals surface area contributed by atoms with Crippen LogP contribution in [0, 0.1) is 29.1 Å². The molecule has 0 aromatic carbocycles. The highest BCUT2D eigenvalue weighted by atomic mass is 16.6. The summed E-state index contributed by atoms with van der Waals surface area (Å²) >= 11 is 0. The number of carbonyl (C=O) groups excluding carboxylic acids is 2. The SMILES string of the molecule is CCCCC12CC(CO)C(CO)C(CO)C1C(=O)OC2=O. The third-order valence-corrected chi connectivity index (χ3v) is 5.29. The van der Waals surface area contributed by atoms with E-state index in [-0.39, 0.29) is 25.7 Å². The van der Waals surface area contributed by atoms with Crippen molar-refractivity contribution in [1.82, 2.24) is 0 Å². The van der Waals surface area contributed by atoms with Crippen LogP contribution in [-0.2, 0) is 14.3 Å². The Morgan fingerprint density at radius 1 is 1.14 bits per heavy atom.